The zero-order valence-electron chi connectivity index (χ0n) is 12.2. The van der Waals surface area contributed by atoms with Gasteiger partial charge in [-0.2, -0.15) is 0 Å². The highest BCUT2D eigenvalue weighted by Gasteiger charge is 2.19. The van der Waals surface area contributed by atoms with Gasteiger partial charge in [0.1, 0.15) is 18.0 Å². The van der Waals surface area contributed by atoms with Gasteiger partial charge in [0.2, 0.25) is 0 Å². The van der Waals surface area contributed by atoms with Gasteiger partial charge in [0.15, 0.2) is 0 Å². The molecular weight excluding hydrogens is 238 g/mol. The minimum absolute atomic E-state index is 0.442. The zero-order valence-corrected chi connectivity index (χ0v) is 12.2. The Hall–Kier alpha value is -1.36. The molecule has 0 amide bonds. The number of nitrogens with zero attached hydrogens (tertiary/aromatic N) is 3. The van der Waals surface area contributed by atoms with Crippen LogP contribution in [0.25, 0.3) is 0 Å². The highest BCUT2D eigenvalue weighted by atomic mass is 15.2. The molecule has 1 saturated heterocycles. The van der Waals surface area contributed by atoms with E-state index in [2.05, 4.69) is 45.4 Å². The summed E-state index contributed by atoms with van der Waals surface area (Å²) in [5.74, 6) is 1.96. The smallest absolute Gasteiger partial charge is 0.134 e. The zero-order chi connectivity index (χ0) is 13.7. The van der Waals surface area contributed by atoms with Gasteiger partial charge in [-0.15, -0.1) is 0 Å². The summed E-state index contributed by atoms with van der Waals surface area (Å²) >= 11 is 0. The van der Waals surface area contributed by atoms with Gasteiger partial charge in [0.05, 0.1) is 0 Å². The third-order valence-corrected chi connectivity index (χ3v) is 3.89. The average molecular weight is 263 g/mol. The van der Waals surface area contributed by atoms with E-state index in [-0.39, 0.29) is 0 Å². The summed E-state index contributed by atoms with van der Waals surface area (Å²) in [6, 6.07) is 3.15. The number of hydrogen-bond donors (Lipinski definition) is 2. The first-order valence-corrected chi connectivity index (χ1v) is 7.23. The van der Waals surface area contributed by atoms with Crippen LogP contribution in [0.15, 0.2) is 12.4 Å². The van der Waals surface area contributed by atoms with Crippen LogP contribution in [0.5, 0.6) is 0 Å². The number of piperidine rings is 1. The van der Waals surface area contributed by atoms with Crippen molar-refractivity contribution >= 4 is 11.6 Å². The van der Waals surface area contributed by atoms with Crippen LogP contribution in [-0.2, 0) is 0 Å². The summed E-state index contributed by atoms with van der Waals surface area (Å²) in [6.07, 6.45) is 5.10. The standard InChI is InChI=1S/C14H25N5/c1-4-11(2)18-13-9-14(17-10-16-13)19-7-5-12(15-3)6-8-19/h9-12,15H,4-8H2,1-3H3,(H,16,17,18). The van der Waals surface area contributed by atoms with Crippen molar-refractivity contribution < 1.29 is 0 Å². The lowest BCUT2D eigenvalue weighted by molar-refractivity contribution is 0.440. The molecule has 1 fully saturated rings. The summed E-state index contributed by atoms with van der Waals surface area (Å²) in [5, 5.41) is 6.75. The van der Waals surface area contributed by atoms with Gasteiger partial charge in [0, 0.05) is 31.2 Å². The van der Waals surface area contributed by atoms with E-state index in [0.29, 0.717) is 12.1 Å². The molecule has 0 saturated carbocycles. The molecule has 1 aliphatic rings. The monoisotopic (exact) mass is 263 g/mol. The molecule has 5 nitrogen and oxygen atoms in total. The normalized spacial score (nSPS) is 18.4. The molecule has 1 aromatic heterocycles. The van der Waals surface area contributed by atoms with Gasteiger partial charge in [0.25, 0.3) is 0 Å². The van der Waals surface area contributed by atoms with Crippen LogP contribution in [0.4, 0.5) is 11.6 Å². The number of rotatable bonds is 5. The van der Waals surface area contributed by atoms with Crippen molar-refractivity contribution in [1.29, 1.82) is 0 Å². The molecule has 0 spiro atoms. The summed E-state index contributed by atoms with van der Waals surface area (Å²) in [5.41, 5.74) is 0. The van der Waals surface area contributed by atoms with Crippen molar-refractivity contribution in [2.45, 2.75) is 45.2 Å². The molecule has 106 valence electrons. The first kappa shape index (κ1) is 14.1. The number of anilines is 2. The maximum Gasteiger partial charge on any atom is 0.134 e. The second kappa shape index (κ2) is 6.70. The SMILES string of the molecule is CCC(C)Nc1cc(N2CCC(NC)CC2)ncn1. The largest absolute Gasteiger partial charge is 0.367 e. The van der Waals surface area contributed by atoms with E-state index in [4.69, 9.17) is 0 Å². The second-order valence-corrected chi connectivity index (χ2v) is 5.27. The topological polar surface area (TPSA) is 53.1 Å². The summed E-state index contributed by atoms with van der Waals surface area (Å²) in [7, 11) is 2.04. The quantitative estimate of drug-likeness (QED) is 0.849. The molecule has 0 radical (unpaired) electrons. The average Bonchev–Trinajstić information content (AvgIpc) is 2.47. The lowest BCUT2D eigenvalue weighted by Gasteiger charge is -2.32. The molecule has 1 aliphatic heterocycles. The summed E-state index contributed by atoms with van der Waals surface area (Å²) < 4.78 is 0. The summed E-state index contributed by atoms with van der Waals surface area (Å²) in [4.78, 5) is 11.0. The molecule has 19 heavy (non-hydrogen) atoms. The maximum absolute atomic E-state index is 4.40. The molecule has 1 aromatic rings. The van der Waals surface area contributed by atoms with Gasteiger partial charge in [-0.05, 0) is 33.2 Å². The maximum atomic E-state index is 4.40. The van der Waals surface area contributed by atoms with Crippen LogP contribution in [0.2, 0.25) is 0 Å². The molecule has 0 aromatic carbocycles. The molecule has 0 aliphatic carbocycles. The van der Waals surface area contributed by atoms with E-state index in [9.17, 15) is 0 Å². The predicted molar refractivity (Wildman–Crippen MR) is 79.7 cm³/mol. The van der Waals surface area contributed by atoms with Crippen molar-refractivity contribution in [3.05, 3.63) is 12.4 Å². The van der Waals surface area contributed by atoms with Crippen molar-refractivity contribution in [1.82, 2.24) is 15.3 Å². The van der Waals surface area contributed by atoms with E-state index in [0.717, 1.165) is 31.1 Å². The van der Waals surface area contributed by atoms with Crippen LogP contribution in [0.1, 0.15) is 33.1 Å². The Morgan fingerprint density at radius 3 is 2.74 bits per heavy atom. The first-order valence-electron chi connectivity index (χ1n) is 7.23. The van der Waals surface area contributed by atoms with E-state index in [1.807, 2.05) is 7.05 Å². The summed E-state index contributed by atoms with van der Waals surface area (Å²) in [6.45, 7) is 6.46. The van der Waals surface area contributed by atoms with E-state index >= 15 is 0 Å². The first-order chi connectivity index (χ1) is 9.22. The van der Waals surface area contributed by atoms with Crippen LogP contribution in [0, 0.1) is 0 Å². The third-order valence-electron chi connectivity index (χ3n) is 3.89. The van der Waals surface area contributed by atoms with Crippen molar-refractivity contribution in [2.75, 3.05) is 30.4 Å². The van der Waals surface area contributed by atoms with Crippen molar-refractivity contribution in [3.8, 4) is 0 Å². The molecule has 5 heteroatoms. The number of hydrogen-bond acceptors (Lipinski definition) is 5. The van der Waals surface area contributed by atoms with Crippen molar-refractivity contribution in [2.24, 2.45) is 0 Å². The van der Waals surface area contributed by atoms with E-state index in [1.165, 1.54) is 12.8 Å². The Labute approximate surface area is 115 Å². The molecule has 1 unspecified atom stereocenters. The second-order valence-electron chi connectivity index (χ2n) is 5.27. The van der Waals surface area contributed by atoms with Gasteiger partial charge in [-0.1, -0.05) is 6.92 Å². The third kappa shape index (κ3) is 3.80. The Kier molecular flexibility index (Phi) is 4.96. The predicted octanol–water partition coefficient (Wildman–Crippen LogP) is 1.88. The van der Waals surface area contributed by atoms with Crippen LogP contribution >= 0.6 is 0 Å². The van der Waals surface area contributed by atoms with Gasteiger partial charge in [-0.3, -0.25) is 0 Å². The van der Waals surface area contributed by atoms with Crippen LogP contribution < -0.4 is 15.5 Å². The number of aromatic nitrogens is 2. The fourth-order valence-electron chi connectivity index (χ4n) is 2.35. The Bertz CT molecular complexity index is 387. The Balaban J connectivity index is 1.99. The van der Waals surface area contributed by atoms with Gasteiger partial charge < -0.3 is 15.5 Å². The number of nitrogens with one attached hydrogen (secondary N) is 2. The minimum atomic E-state index is 0.442. The highest BCUT2D eigenvalue weighted by molar-refractivity contribution is 5.49. The lowest BCUT2D eigenvalue weighted by Crippen LogP contribution is -2.41. The molecular formula is C14H25N5. The Morgan fingerprint density at radius 2 is 2.11 bits per heavy atom. The van der Waals surface area contributed by atoms with E-state index < -0.39 is 0 Å². The molecule has 2 heterocycles. The van der Waals surface area contributed by atoms with E-state index in [1.54, 1.807) is 6.33 Å². The van der Waals surface area contributed by atoms with Crippen LogP contribution in [-0.4, -0.2) is 42.2 Å². The van der Waals surface area contributed by atoms with Crippen molar-refractivity contribution in [3.63, 3.8) is 0 Å². The lowest BCUT2D eigenvalue weighted by atomic mass is 10.1. The fourth-order valence-corrected chi connectivity index (χ4v) is 2.35. The van der Waals surface area contributed by atoms with Crippen LogP contribution in [0.3, 0.4) is 0 Å². The molecule has 2 N–H and O–H groups in total. The molecule has 1 atom stereocenters. The Morgan fingerprint density at radius 1 is 1.37 bits per heavy atom. The minimum Gasteiger partial charge on any atom is -0.367 e. The van der Waals surface area contributed by atoms with Gasteiger partial charge in [-0.25, -0.2) is 9.97 Å². The highest BCUT2D eigenvalue weighted by Crippen LogP contribution is 2.19. The molecule has 2 rings (SSSR count). The van der Waals surface area contributed by atoms with Gasteiger partial charge >= 0.3 is 0 Å². The molecule has 0 bridgehead atoms. The fraction of sp³-hybridized carbons (Fsp3) is 0.714.